The van der Waals surface area contributed by atoms with Crippen LogP contribution < -0.4 is 0 Å². The van der Waals surface area contributed by atoms with Gasteiger partial charge in [-0.2, -0.15) is 0 Å². The minimum atomic E-state index is 0.0357. The standard InChI is InChI=1S/C14H16BrN3O2S/c1-10-16-12(9-21-10)7-17-2-4-18(5-3-17)14(19)11-6-13(15)20-8-11/h6,8-9H,2-5,7H2,1H3. The molecule has 2 aromatic heterocycles. The number of hydrogen-bond acceptors (Lipinski definition) is 5. The van der Waals surface area contributed by atoms with Crippen LogP contribution in [-0.2, 0) is 6.54 Å². The van der Waals surface area contributed by atoms with E-state index in [1.165, 1.54) is 6.26 Å². The molecule has 1 aliphatic rings. The lowest BCUT2D eigenvalue weighted by Crippen LogP contribution is -2.48. The molecule has 0 spiro atoms. The summed E-state index contributed by atoms with van der Waals surface area (Å²) < 4.78 is 5.72. The van der Waals surface area contributed by atoms with Crippen LogP contribution in [0.5, 0.6) is 0 Å². The lowest BCUT2D eigenvalue weighted by molar-refractivity contribution is 0.0626. The van der Waals surface area contributed by atoms with Gasteiger partial charge in [0.05, 0.1) is 16.3 Å². The number of halogens is 1. The van der Waals surface area contributed by atoms with Crippen molar-refractivity contribution in [2.45, 2.75) is 13.5 Å². The normalized spacial score (nSPS) is 16.4. The summed E-state index contributed by atoms with van der Waals surface area (Å²) in [7, 11) is 0. The predicted octanol–water partition coefficient (Wildman–Crippen LogP) is 2.77. The molecule has 3 heterocycles. The van der Waals surface area contributed by atoms with Crippen LogP contribution in [0.4, 0.5) is 0 Å². The summed E-state index contributed by atoms with van der Waals surface area (Å²) in [6.45, 7) is 6.12. The van der Waals surface area contributed by atoms with E-state index in [4.69, 9.17) is 4.42 Å². The predicted molar refractivity (Wildman–Crippen MR) is 84.4 cm³/mol. The van der Waals surface area contributed by atoms with E-state index in [1.807, 2.05) is 11.8 Å². The number of nitrogens with zero attached hydrogens (tertiary/aromatic N) is 3. The smallest absolute Gasteiger partial charge is 0.257 e. The highest BCUT2D eigenvalue weighted by Gasteiger charge is 2.23. The van der Waals surface area contributed by atoms with Gasteiger partial charge < -0.3 is 9.32 Å². The molecule has 1 amide bonds. The van der Waals surface area contributed by atoms with E-state index in [0.717, 1.165) is 43.4 Å². The first-order valence-corrected chi connectivity index (χ1v) is 8.46. The van der Waals surface area contributed by atoms with Crippen molar-refractivity contribution in [3.05, 3.63) is 38.6 Å². The lowest BCUT2D eigenvalue weighted by atomic mass is 10.2. The quantitative estimate of drug-likeness (QED) is 0.834. The Morgan fingerprint density at radius 3 is 2.76 bits per heavy atom. The zero-order chi connectivity index (χ0) is 14.8. The Kier molecular flexibility index (Phi) is 4.42. The summed E-state index contributed by atoms with van der Waals surface area (Å²) >= 11 is 4.90. The van der Waals surface area contributed by atoms with E-state index in [-0.39, 0.29) is 5.91 Å². The minimum Gasteiger partial charge on any atom is -0.457 e. The van der Waals surface area contributed by atoms with Crippen LogP contribution in [0.3, 0.4) is 0 Å². The molecule has 0 bridgehead atoms. The fourth-order valence-corrected chi connectivity index (χ4v) is 3.37. The lowest BCUT2D eigenvalue weighted by Gasteiger charge is -2.34. The minimum absolute atomic E-state index is 0.0357. The van der Waals surface area contributed by atoms with Crippen molar-refractivity contribution < 1.29 is 9.21 Å². The zero-order valence-electron chi connectivity index (χ0n) is 11.7. The summed E-state index contributed by atoms with van der Waals surface area (Å²) in [5.74, 6) is 0.0357. The highest BCUT2D eigenvalue weighted by Crippen LogP contribution is 2.17. The molecular formula is C14H16BrN3O2S. The Balaban J connectivity index is 1.54. The van der Waals surface area contributed by atoms with Crippen molar-refractivity contribution in [2.75, 3.05) is 26.2 Å². The maximum atomic E-state index is 12.3. The number of piperazine rings is 1. The number of carbonyl (C=O) groups excluding carboxylic acids is 1. The first-order chi connectivity index (χ1) is 10.1. The summed E-state index contributed by atoms with van der Waals surface area (Å²) in [6, 6.07) is 1.72. The molecule has 1 fully saturated rings. The summed E-state index contributed by atoms with van der Waals surface area (Å²) in [5, 5.41) is 3.21. The summed E-state index contributed by atoms with van der Waals surface area (Å²) in [5.41, 5.74) is 1.72. The molecule has 0 N–H and O–H groups in total. The third kappa shape index (κ3) is 3.53. The molecule has 0 saturated carbocycles. The number of furan rings is 1. The Morgan fingerprint density at radius 2 is 2.19 bits per heavy atom. The maximum absolute atomic E-state index is 12.3. The second-order valence-corrected chi connectivity index (χ2v) is 6.91. The number of hydrogen-bond donors (Lipinski definition) is 0. The summed E-state index contributed by atoms with van der Waals surface area (Å²) in [4.78, 5) is 21.0. The molecule has 21 heavy (non-hydrogen) atoms. The molecule has 1 aliphatic heterocycles. The van der Waals surface area contributed by atoms with Crippen LogP contribution in [0.2, 0.25) is 0 Å². The number of thiazole rings is 1. The van der Waals surface area contributed by atoms with Crippen LogP contribution in [0, 0.1) is 6.92 Å². The average Bonchev–Trinajstić information content (AvgIpc) is 3.08. The third-order valence-corrected chi connectivity index (χ3v) is 4.76. The number of aromatic nitrogens is 1. The molecule has 0 aromatic carbocycles. The third-order valence-electron chi connectivity index (χ3n) is 3.53. The van der Waals surface area contributed by atoms with Gasteiger partial charge in [0.15, 0.2) is 4.67 Å². The molecule has 2 aromatic rings. The second-order valence-electron chi connectivity index (χ2n) is 5.07. The van der Waals surface area contributed by atoms with E-state index in [0.29, 0.717) is 10.2 Å². The van der Waals surface area contributed by atoms with E-state index < -0.39 is 0 Å². The van der Waals surface area contributed by atoms with E-state index in [9.17, 15) is 4.79 Å². The van der Waals surface area contributed by atoms with Gasteiger partial charge in [-0.15, -0.1) is 11.3 Å². The highest BCUT2D eigenvalue weighted by atomic mass is 79.9. The largest absolute Gasteiger partial charge is 0.457 e. The van der Waals surface area contributed by atoms with Gasteiger partial charge in [0, 0.05) is 44.2 Å². The van der Waals surface area contributed by atoms with Crippen LogP contribution in [0.25, 0.3) is 0 Å². The molecule has 7 heteroatoms. The van der Waals surface area contributed by atoms with Crippen LogP contribution >= 0.6 is 27.3 Å². The number of amides is 1. The topological polar surface area (TPSA) is 49.6 Å². The van der Waals surface area contributed by atoms with Crippen molar-refractivity contribution in [3.8, 4) is 0 Å². The maximum Gasteiger partial charge on any atom is 0.257 e. The fourth-order valence-electron chi connectivity index (χ4n) is 2.42. The second kappa shape index (κ2) is 6.29. The van der Waals surface area contributed by atoms with E-state index >= 15 is 0 Å². The van der Waals surface area contributed by atoms with Gasteiger partial charge in [-0.1, -0.05) is 0 Å². The Labute approximate surface area is 135 Å². The van der Waals surface area contributed by atoms with E-state index in [1.54, 1.807) is 17.4 Å². The zero-order valence-corrected chi connectivity index (χ0v) is 14.1. The Hall–Kier alpha value is -1.18. The molecule has 112 valence electrons. The van der Waals surface area contributed by atoms with Gasteiger partial charge in [-0.05, 0) is 22.9 Å². The number of carbonyl (C=O) groups is 1. The van der Waals surface area contributed by atoms with Crippen molar-refractivity contribution >= 4 is 33.2 Å². The van der Waals surface area contributed by atoms with Crippen LogP contribution in [0.15, 0.2) is 26.8 Å². The molecular weight excluding hydrogens is 354 g/mol. The molecule has 0 atom stereocenters. The van der Waals surface area contributed by atoms with Gasteiger partial charge in [0.1, 0.15) is 6.26 Å². The number of rotatable bonds is 3. The first-order valence-electron chi connectivity index (χ1n) is 6.78. The van der Waals surface area contributed by atoms with Crippen molar-refractivity contribution in [1.82, 2.24) is 14.8 Å². The van der Waals surface area contributed by atoms with Gasteiger partial charge >= 0.3 is 0 Å². The molecule has 0 aliphatic carbocycles. The van der Waals surface area contributed by atoms with Crippen molar-refractivity contribution in [3.63, 3.8) is 0 Å². The van der Waals surface area contributed by atoms with E-state index in [2.05, 4.69) is 31.2 Å². The Morgan fingerprint density at radius 1 is 1.43 bits per heavy atom. The molecule has 5 nitrogen and oxygen atoms in total. The highest BCUT2D eigenvalue weighted by molar-refractivity contribution is 9.10. The fraction of sp³-hybridized carbons (Fsp3) is 0.429. The summed E-state index contributed by atoms with van der Waals surface area (Å²) in [6.07, 6.45) is 1.50. The van der Waals surface area contributed by atoms with Crippen molar-refractivity contribution in [1.29, 1.82) is 0 Å². The molecule has 3 rings (SSSR count). The van der Waals surface area contributed by atoms with Gasteiger partial charge in [-0.25, -0.2) is 4.98 Å². The van der Waals surface area contributed by atoms with Crippen molar-refractivity contribution in [2.24, 2.45) is 0 Å². The van der Waals surface area contributed by atoms with Crippen LogP contribution in [0.1, 0.15) is 21.1 Å². The first kappa shape index (κ1) is 14.7. The van der Waals surface area contributed by atoms with Gasteiger partial charge in [0.25, 0.3) is 5.91 Å². The molecule has 1 saturated heterocycles. The molecule has 0 radical (unpaired) electrons. The average molecular weight is 370 g/mol. The van der Waals surface area contributed by atoms with Gasteiger partial charge in [0.2, 0.25) is 0 Å². The molecule has 0 unspecified atom stereocenters. The van der Waals surface area contributed by atoms with Gasteiger partial charge in [-0.3, -0.25) is 9.69 Å². The monoisotopic (exact) mass is 369 g/mol. The van der Waals surface area contributed by atoms with Crippen LogP contribution in [-0.4, -0.2) is 46.9 Å². The Bertz CT molecular complexity index is 632. The SMILES string of the molecule is Cc1nc(CN2CCN(C(=O)c3coc(Br)c3)CC2)cs1. The number of aryl methyl sites for hydroxylation is 1.